The molecule has 22 heavy (non-hydrogen) atoms. The van der Waals surface area contributed by atoms with E-state index in [0.717, 1.165) is 0 Å². The molecule has 7 nitrogen and oxygen atoms in total. The normalized spacial score (nSPS) is 15.9. The molecule has 3 rings (SSSR count). The Labute approximate surface area is 127 Å². The van der Waals surface area contributed by atoms with Crippen LogP contribution in [0.5, 0.6) is 0 Å². The first-order valence-electron chi connectivity index (χ1n) is 6.17. The smallest absolute Gasteiger partial charge is 0.285 e. The molecule has 114 valence electrons. The Morgan fingerprint density at radius 3 is 2.27 bits per heavy atom. The predicted molar refractivity (Wildman–Crippen MR) is 80.1 cm³/mol. The summed E-state index contributed by atoms with van der Waals surface area (Å²) in [6.07, 6.45) is 0. The zero-order chi connectivity index (χ0) is 15.8. The van der Waals surface area contributed by atoms with E-state index in [1.165, 1.54) is 18.2 Å². The second kappa shape index (κ2) is 5.20. The molecule has 0 spiro atoms. The fraction of sp³-hybridized carbons (Fsp3) is 0. The fourth-order valence-electron chi connectivity index (χ4n) is 1.97. The SMILES string of the molecule is O=S1(=O)N=C(NNS(=O)(=O)c2ccccc2)c2ccccc21. The van der Waals surface area contributed by atoms with Gasteiger partial charge in [-0.3, -0.25) is 5.43 Å². The summed E-state index contributed by atoms with van der Waals surface area (Å²) in [5, 5.41) is 0. The molecule has 2 N–H and O–H groups in total. The second-order valence-corrected chi connectivity index (χ2v) is 7.71. The van der Waals surface area contributed by atoms with Crippen LogP contribution in [0.4, 0.5) is 0 Å². The van der Waals surface area contributed by atoms with E-state index in [1.54, 1.807) is 36.4 Å². The maximum absolute atomic E-state index is 12.1. The quantitative estimate of drug-likeness (QED) is 0.799. The lowest BCUT2D eigenvalue weighted by molar-refractivity contribution is 0.577. The fourth-order valence-corrected chi connectivity index (χ4v) is 4.01. The van der Waals surface area contributed by atoms with Gasteiger partial charge in [-0.2, -0.15) is 8.42 Å². The van der Waals surface area contributed by atoms with Gasteiger partial charge in [-0.05, 0) is 24.3 Å². The number of rotatable bonds is 3. The van der Waals surface area contributed by atoms with Crippen molar-refractivity contribution in [2.24, 2.45) is 4.40 Å². The first-order chi connectivity index (χ1) is 10.4. The summed E-state index contributed by atoms with van der Waals surface area (Å²) in [7, 11) is -7.62. The van der Waals surface area contributed by atoms with Crippen molar-refractivity contribution in [2.75, 3.05) is 0 Å². The average Bonchev–Trinajstić information content (AvgIpc) is 2.78. The summed E-state index contributed by atoms with van der Waals surface area (Å²) in [4.78, 5) is 2.21. The van der Waals surface area contributed by atoms with Gasteiger partial charge in [0.1, 0.15) is 4.90 Å². The molecule has 0 bridgehead atoms. The van der Waals surface area contributed by atoms with Crippen LogP contribution in [0.1, 0.15) is 5.56 Å². The van der Waals surface area contributed by atoms with Crippen LogP contribution in [0.3, 0.4) is 0 Å². The molecule has 1 heterocycles. The molecule has 9 heteroatoms. The topological polar surface area (TPSA) is 105 Å². The van der Waals surface area contributed by atoms with Crippen LogP contribution >= 0.6 is 0 Å². The van der Waals surface area contributed by atoms with E-state index in [1.807, 2.05) is 0 Å². The molecule has 2 aromatic rings. The number of hydrazine groups is 1. The lowest BCUT2D eigenvalue weighted by Crippen LogP contribution is -2.41. The first kappa shape index (κ1) is 14.7. The van der Waals surface area contributed by atoms with Gasteiger partial charge in [-0.15, -0.1) is 9.23 Å². The van der Waals surface area contributed by atoms with E-state index >= 15 is 0 Å². The average molecular weight is 337 g/mol. The van der Waals surface area contributed by atoms with Crippen LogP contribution in [-0.4, -0.2) is 22.7 Å². The molecule has 0 atom stereocenters. The van der Waals surface area contributed by atoms with Gasteiger partial charge in [0.25, 0.3) is 20.0 Å². The Morgan fingerprint density at radius 1 is 0.909 bits per heavy atom. The Hall–Kier alpha value is -2.23. The van der Waals surface area contributed by atoms with Crippen molar-refractivity contribution in [3.8, 4) is 0 Å². The van der Waals surface area contributed by atoms with Crippen molar-refractivity contribution >= 4 is 25.9 Å². The Morgan fingerprint density at radius 2 is 1.55 bits per heavy atom. The maximum atomic E-state index is 12.1. The lowest BCUT2D eigenvalue weighted by atomic mass is 10.2. The molecule has 2 aromatic carbocycles. The summed E-state index contributed by atoms with van der Waals surface area (Å²) in [6, 6.07) is 13.9. The van der Waals surface area contributed by atoms with Crippen molar-refractivity contribution in [3.63, 3.8) is 0 Å². The van der Waals surface area contributed by atoms with Crippen molar-refractivity contribution < 1.29 is 16.8 Å². The monoisotopic (exact) mass is 337 g/mol. The number of fused-ring (bicyclic) bond motifs is 1. The second-order valence-electron chi connectivity index (χ2n) is 4.45. The van der Waals surface area contributed by atoms with Gasteiger partial charge in [0.15, 0.2) is 5.84 Å². The Kier molecular flexibility index (Phi) is 3.47. The van der Waals surface area contributed by atoms with Crippen LogP contribution in [0.25, 0.3) is 0 Å². The van der Waals surface area contributed by atoms with Gasteiger partial charge in [0.2, 0.25) is 0 Å². The van der Waals surface area contributed by atoms with E-state index < -0.39 is 20.0 Å². The van der Waals surface area contributed by atoms with E-state index in [-0.39, 0.29) is 15.6 Å². The van der Waals surface area contributed by atoms with Crippen molar-refractivity contribution in [1.29, 1.82) is 0 Å². The van der Waals surface area contributed by atoms with Crippen molar-refractivity contribution in [1.82, 2.24) is 10.3 Å². The molecule has 1 aliphatic heterocycles. The van der Waals surface area contributed by atoms with Gasteiger partial charge in [-0.25, -0.2) is 8.42 Å². The third kappa shape index (κ3) is 2.61. The Bertz CT molecular complexity index is 952. The van der Waals surface area contributed by atoms with Crippen LogP contribution in [0.2, 0.25) is 0 Å². The summed E-state index contributed by atoms with van der Waals surface area (Å²) in [6.45, 7) is 0. The maximum Gasteiger partial charge on any atom is 0.285 e. The van der Waals surface area contributed by atoms with Gasteiger partial charge in [-0.1, -0.05) is 30.3 Å². The minimum atomic E-state index is -3.82. The zero-order valence-corrected chi connectivity index (χ0v) is 12.7. The molecule has 0 radical (unpaired) electrons. The third-order valence-electron chi connectivity index (χ3n) is 2.99. The highest BCUT2D eigenvalue weighted by Gasteiger charge is 2.29. The number of benzene rings is 2. The number of sulfonamides is 2. The molecule has 0 unspecified atom stereocenters. The van der Waals surface area contributed by atoms with E-state index in [2.05, 4.69) is 14.7 Å². The third-order valence-corrected chi connectivity index (χ3v) is 5.59. The summed E-state index contributed by atoms with van der Waals surface area (Å²) >= 11 is 0. The van der Waals surface area contributed by atoms with E-state index in [4.69, 9.17) is 0 Å². The number of nitrogens with one attached hydrogen (secondary N) is 2. The molecule has 0 aromatic heterocycles. The predicted octanol–water partition coefficient (Wildman–Crippen LogP) is 0.619. The van der Waals surface area contributed by atoms with E-state index in [9.17, 15) is 16.8 Å². The van der Waals surface area contributed by atoms with Gasteiger partial charge in [0, 0.05) is 5.56 Å². The molecule has 0 saturated heterocycles. The lowest BCUT2D eigenvalue weighted by Gasteiger charge is -2.09. The highest BCUT2D eigenvalue weighted by molar-refractivity contribution is 7.91. The highest BCUT2D eigenvalue weighted by Crippen LogP contribution is 2.24. The van der Waals surface area contributed by atoms with Crippen molar-refractivity contribution in [2.45, 2.75) is 9.79 Å². The van der Waals surface area contributed by atoms with Crippen LogP contribution in [0.15, 0.2) is 68.8 Å². The minimum absolute atomic E-state index is 0.0383. The largest absolute Gasteiger partial charge is 0.291 e. The van der Waals surface area contributed by atoms with Crippen LogP contribution < -0.4 is 10.3 Å². The molecule has 0 amide bonds. The molecular formula is C13H11N3O4S2. The first-order valence-corrected chi connectivity index (χ1v) is 9.10. The number of amidine groups is 1. The van der Waals surface area contributed by atoms with Gasteiger partial charge < -0.3 is 0 Å². The van der Waals surface area contributed by atoms with Crippen molar-refractivity contribution in [3.05, 3.63) is 60.2 Å². The zero-order valence-electron chi connectivity index (χ0n) is 11.1. The van der Waals surface area contributed by atoms with Crippen LogP contribution in [0, 0.1) is 0 Å². The molecular weight excluding hydrogens is 326 g/mol. The molecule has 0 saturated carbocycles. The van der Waals surface area contributed by atoms with Gasteiger partial charge in [0.05, 0.1) is 4.90 Å². The summed E-state index contributed by atoms with van der Waals surface area (Å²) < 4.78 is 51.4. The molecule has 0 aliphatic carbocycles. The number of nitrogens with zero attached hydrogens (tertiary/aromatic N) is 1. The molecule has 1 aliphatic rings. The minimum Gasteiger partial charge on any atom is -0.291 e. The van der Waals surface area contributed by atoms with E-state index in [0.29, 0.717) is 5.56 Å². The summed E-state index contributed by atoms with van der Waals surface area (Å²) in [5.41, 5.74) is 2.68. The highest BCUT2D eigenvalue weighted by atomic mass is 32.2. The Balaban J connectivity index is 1.87. The van der Waals surface area contributed by atoms with Crippen LogP contribution in [-0.2, 0) is 20.0 Å². The molecule has 0 fully saturated rings. The summed E-state index contributed by atoms with van der Waals surface area (Å²) in [5.74, 6) is -0.0601. The number of hydrogen-bond acceptors (Lipinski definition) is 5. The van der Waals surface area contributed by atoms with Gasteiger partial charge >= 0.3 is 0 Å². The number of hydrogen-bond donors (Lipinski definition) is 2. The standard InChI is InChI=1S/C13H11N3O4S2/c17-21(18,10-6-2-1-3-7-10)16-14-13-11-8-4-5-9-12(11)22(19,20)15-13/h1-9,16H,(H,14,15).